The molecule has 2 rings (SSSR count). The van der Waals surface area contributed by atoms with Crippen LogP contribution in [0.5, 0.6) is 0 Å². The maximum atomic E-state index is 10.6. The zero-order valence-electron chi connectivity index (χ0n) is 8.66. The summed E-state index contributed by atoms with van der Waals surface area (Å²) >= 11 is 0. The molecule has 0 spiro atoms. The Morgan fingerprint density at radius 3 is 3.06 bits per heavy atom. The zero-order valence-corrected chi connectivity index (χ0v) is 8.66. The number of rotatable bonds is 3. The van der Waals surface area contributed by atoms with E-state index in [0.717, 1.165) is 5.69 Å². The molecule has 0 radical (unpaired) electrons. The second-order valence-corrected chi connectivity index (χ2v) is 3.41. The van der Waals surface area contributed by atoms with E-state index in [2.05, 4.69) is 10.1 Å². The van der Waals surface area contributed by atoms with Gasteiger partial charge in [0, 0.05) is 7.05 Å². The Hall–Kier alpha value is -2.31. The lowest BCUT2D eigenvalue weighted by Gasteiger charge is -2.16. The van der Waals surface area contributed by atoms with E-state index in [1.54, 1.807) is 30.3 Å². The molecule has 0 aliphatic carbocycles. The average molecular weight is 221 g/mol. The number of pyridine rings is 1. The van der Waals surface area contributed by atoms with Crippen molar-refractivity contribution in [2.75, 3.05) is 24.2 Å². The van der Waals surface area contributed by atoms with Crippen LogP contribution in [0, 0.1) is 0 Å². The van der Waals surface area contributed by atoms with Gasteiger partial charge < -0.3 is 15.7 Å². The fourth-order valence-electron chi connectivity index (χ4n) is 1.41. The fraction of sp³-hybridized carbons (Fsp3) is 0.222. The molecule has 0 saturated carbocycles. The number of likely N-dealkylation sites (N-methyl/N-ethyl adjacent to an activating group) is 1. The fourth-order valence-corrected chi connectivity index (χ4v) is 1.41. The Labute approximate surface area is 91.1 Å². The van der Waals surface area contributed by atoms with E-state index >= 15 is 0 Å². The highest BCUT2D eigenvalue weighted by molar-refractivity contribution is 5.73. The van der Waals surface area contributed by atoms with Crippen LogP contribution < -0.4 is 10.6 Å². The van der Waals surface area contributed by atoms with Gasteiger partial charge in [0.1, 0.15) is 6.54 Å². The number of carboxylic acids is 1. The normalized spacial score (nSPS) is 10.6. The lowest BCUT2D eigenvalue weighted by atomic mass is 10.3. The minimum Gasteiger partial charge on any atom is -0.480 e. The molecule has 7 heteroatoms. The number of anilines is 2. The summed E-state index contributed by atoms with van der Waals surface area (Å²) in [5, 5.41) is 12.6. The summed E-state index contributed by atoms with van der Waals surface area (Å²) in [5.41, 5.74) is 6.81. The Bertz CT molecular complexity index is 536. The summed E-state index contributed by atoms with van der Waals surface area (Å²) in [5.74, 6) is -0.696. The van der Waals surface area contributed by atoms with Gasteiger partial charge in [0.2, 0.25) is 5.95 Å². The second-order valence-electron chi connectivity index (χ2n) is 3.41. The lowest BCUT2D eigenvalue weighted by Crippen LogP contribution is -2.25. The summed E-state index contributed by atoms with van der Waals surface area (Å²) in [6, 6.07) is 3.50. The second kappa shape index (κ2) is 3.69. The van der Waals surface area contributed by atoms with Crippen LogP contribution in [-0.2, 0) is 4.79 Å². The molecular weight excluding hydrogens is 210 g/mol. The molecule has 0 atom stereocenters. The van der Waals surface area contributed by atoms with Crippen molar-refractivity contribution in [2.45, 2.75) is 0 Å². The highest BCUT2D eigenvalue weighted by Gasteiger charge is 2.07. The molecule has 0 aromatic carbocycles. The number of aliphatic carboxylic acids is 1. The number of nitrogens with zero attached hydrogens (tertiary/aromatic N) is 4. The highest BCUT2D eigenvalue weighted by Crippen LogP contribution is 2.13. The molecule has 0 amide bonds. The number of nitrogens with two attached hydrogens (primary N) is 1. The summed E-state index contributed by atoms with van der Waals surface area (Å²) in [6.45, 7) is -0.0737. The van der Waals surface area contributed by atoms with Crippen LogP contribution in [0.15, 0.2) is 18.3 Å². The maximum Gasteiger partial charge on any atom is 0.323 e. The van der Waals surface area contributed by atoms with E-state index in [0.29, 0.717) is 5.65 Å². The van der Waals surface area contributed by atoms with Gasteiger partial charge in [-0.05, 0) is 12.1 Å². The van der Waals surface area contributed by atoms with Gasteiger partial charge in [0.15, 0.2) is 5.65 Å². The van der Waals surface area contributed by atoms with Crippen LogP contribution in [0.2, 0.25) is 0 Å². The topological polar surface area (TPSA) is 96.8 Å². The van der Waals surface area contributed by atoms with Crippen LogP contribution in [0.25, 0.3) is 5.65 Å². The standard InChI is InChI=1S/C9H11N5O2/c1-13(5-8(15)16)6-2-3-7-11-9(10)12-14(7)4-6/h2-4H,5H2,1H3,(H2,10,12)(H,15,16). The molecule has 2 aromatic heterocycles. The number of aromatic nitrogens is 3. The van der Waals surface area contributed by atoms with Crippen LogP contribution in [0.4, 0.5) is 11.6 Å². The average Bonchev–Trinajstić information content (AvgIpc) is 2.55. The third-order valence-electron chi connectivity index (χ3n) is 2.14. The summed E-state index contributed by atoms with van der Waals surface area (Å²) in [6.07, 6.45) is 1.68. The van der Waals surface area contributed by atoms with E-state index in [-0.39, 0.29) is 12.5 Å². The molecule has 0 aliphatic rings. The molecule has 3 N–H and O–H groups in total. The van der Waals surface area contributed by atoms with Gasteiger partial charge in [-0.3, -0.25) is 4.79 Å². The molecule has 0 saturated heterocycles. The van der Waals surface area contributed by atoms with Crippen molar-refractivity contribution in [3.05, 3.63) is 18.3 Å². The van der Waals surface area contributed by atoms with Gasteiger partial charge in [0.05, 0.1) is 11.9 Å². The number of carboxylic acid groups (broad SMARTS) is 1. The first kappa shape index (κ1) is 10.2. The lowest BCUT2D eigenvalue weighted by molar-refractivity contribution is -0.135. The predicted molar refractivity (Wildman–Crippen MR) is 58.3 cm³/mol. The first-order valence-electron chi connectivity index (χ1n) is 4.61. The van der Waals surface area contributed by atoms with Crippen molar-refractivity contribution in [2.24, 2.45) is 0 Å². The number of hydrogen-bond acceptors (Lipinski definition) is 5. The van der Waals surface area contributed by atoms with Crippen LogP contribution in [0.3, 0.4) is 0 Å². The third-order valence-corrected chi connectivity index (χ3v) is 2.14. The van der Waals surface area contributed by atoms with Crippen molar-refractivity contribution in [3.63, 3.8) is 0 Å². The van der Waals surface area contributed by atoms with Gasteiger partial charge in [-0.15, -0.1) is 5.10 Å². The Morgan fingerprint density at radius 2 is 2.38 bits per heavy atom. The van der Waals surface area contributed by atoms with Gasteiger partial charge >= 0.3 is 5.97 Å². The smallest absolute Gasteiger partial charge is 0.323 e. The van der Waals surface area contributed by atoms with Crippen molar-refractivity contribution in [3.8, 4) is 0 Å². The van der Waals surface area contributed by atoms with E-state index in [4.69, 9.17) is 10.8 Å². The highest BCUT2D eigenvalue weighted by atomic mass is 16.4. The Morgan fingerprint density at radius 1 is 1.62 bits per heavy atom. The summed E-state index contributed by atoms with van der Waals surface area (Å²) in [4.78, 5) is 16.1. The minimum absolute atomic E-state index is 0.0737. The molecule has 2 heterocycles. The van der Waals surface area contributed by atoms with E-state index < -0.39 is 5.97 Å². The molecule has 2 aromatic rings. The van der Waals surface area contributed by atoms with Gasteiger partial charge in [0.25, 0.3) is 0 Å². The van der Waals surface area contributed by atoms with E-state index in [1.165, 1.54) is 4.52 Å². The number of nitrogen functional groups attached to an aromatic ring is 1. The number of carbonyl (C=O) groups is 1. The molecular formula is C9H11N5O2. The molecule has 0 unspecified atom stereocenters. The molecule has 84 valence electrons. The zero-order chi connectivity index (χ0) is 11.7. The molecule has 7 nitrogen and oxygen atoms in total. The van der Waals surface area contributed by atoms with Crippen molar-refractivity contribution in [1.82, 2.24) is 14.6 Å². The van der Waals surface area contributed by atoms with E-state index in [1.807, 2.05) is 0 Å². The molecule has 16 heavy (non-hydrogen) atoms. The Kier molecular flexibility index (Phi) is 2.35. The van der Waals surface area contributed by atoms with Crippen molar-refractivity contribution in [1.29, 1.82) is 0 Å². The Balaban J connectivity index is 2.34. The van der Waals surface area contributed by atoms with E-state index in [9.17, 15) is 4.79 Å². The van der Waals surface area contributed by atoms with Gasteiger partial charge in [-0.1, -0.05) is 0 Å². The van der Waals surface area contributed by atoms with Gasteiger partial charge in [-0.2, -0.15) is 4.98 Å². The third kappa shape index (κ3) is 1.88. The van der Waals surface area contributed by atoms with Crippen LogP contribution in [0.1, 0.15) is 0 Å². The quantitative estimate of drug-likeness (QED) is 0.747. The first-order chi connectivity index (χ1) is 7.56. The summed E-state index contributed by atoms with van der Waals surface area (Å²) in [7, 11) is 1.69. The minimum atomic E-state index is -0.888. The molecule has 0 aliphatic heterocycles. The number of hydrogen-bond donors (Lipinski definition) is 2. The summed E-state index contributed by atoms with van der Waals surface area (Å²) < 4.78 is 1.52. The molecule has 0 fully saturated rings. The monoisotopic (exact) mass is 221 g/mol. The van der Waals surface area contributed by atoms with Crippen LogP contribution >= 0.6 is 0 Å². The van der Waals surface area contributed by atoms with Crippen LogP contribution in [-0.4, -0.2) is 39.3 Å². The predicted octanol–water partition coefficient (Wildman–Crippen LogP) is -0.168. The first-order valence-corrected chi connectivity index (χ1v) is 4.61. The van der Waals surface area contributed by atoms with Gasteiger partial charge in [-0.25, -0.2) is 4.52 Å². The number of fused-ring (bicyclic) bond motifs is 1. The maximum absolute atomic E-state index is 10.6. The largest absolute Gasteiger partial charge is 0.480 e. The van der Waals surface area contributed by atoms with Crippen molar-refractivity contribution < 1.29 is 9.90 Å². The van der Waals surface area contributed by atoms with Crippen molar-refractivity contribution >= 4 is 23.3 Å². The molecule has 0 bridgehead atoms. The SMILES string of the molecule is CN(CC(=O)O)c1ccc2nc(N)nn2c1.